The van der Waals surface area contributed by atoms with Crippen molar-refractivity contribution < 1.29 is 39.8 Å². The van der Waals surface area contributed by atoms with Gasteiger partial charge in [-0.15, -0.1) is 0 Å². The standard InChI is InChI=1S/C71H133NO8/c1-3-5-7-9-11-13-15-17-19-21-23-24-25-26-27-28-29-30-31-32-33-34-35-36-37-38-39-40-41-42-43-45-47-49-51-53-55-57-59-61-67(75)72-64(63-79-71-70(78)69(77)68(76)66(62-73)80-71)65(74)60-58-56-54-52-50-48-46-44-22-20-18-16-14-12-10-8-6-4-2/h22,32-33,44,50,52,58,60,64-66,68-71,73-74,76-78H,3-21,23-31,34-43,45-49,51,53-57,59,61-63H2,1-2H3,(H,72,75)/b33-32-,44-22+,52-50+,60-58+. The first kappa shape index (κ1) is 76.2. The molecule has 7 atom stereocenters. The molecule has 0 aromatic carbocycles. The van der Waals surface area contributed by atoms with Crippen molar-refractivity contribution in [3.63, 3.8) is 0 Å². The van der Waals surface area contributed by atoms with E-state index in [2.05, 4.69) is 55.6 Å². The summed E-state index contributed by atoms with van der Waals surface area (Å²) in [4.78, 5) is 13.1. The maximum Gasteiger partial charge on any atom is 0.220 e. The van der Waals surface area contributed by atoms with Crippen molar-refractivity contribution >= 4 is 5.91 Å². The van der Waals surface area contributed by atoms with Crippen molar-refractivity contribution in [2.24, 2.45) is 0 Å². The third kappa shape index (κ3) is 48.5. The molecule has 0 saturated carbocycles. The molecular formula is C71H133NO8. The molecule has 1 fully saturated rings. The Morgan fingerprint density at radius 2 is 0.713 bits per heavy atom. The lowest BCUT2D eigenvalue weighted by atomic mass is 9.99. The lowest BCUT2D eigenvalue weighted by Crippen LogP contribution is -2.60. The normalized spacial score (nSPS) is 18.7. The summed E-state index contributed by atoms with van der Waals surface area (Å²) in [6.45, 7) is 3.79. The predicted octanol–water partition coefficient (Wildman–Crippen LogP) is 18.8. The average molecular weight is 1130 g/mol. The predicted molar refractivity (Wildman–Crippen MR) is 341 cm³/mol. The Morgan fingerprint density at radius 1 is 0.412 bits per heavy atom. The highest BCUT2D eigenvalue weighted by Gasteiger charge is 2.44. The molecule has 0 aromatic rings. The van der Waals surface area contributed by atoms with E-state index in [0.717, 1.165) is 44.9 Å². The van der Waals surface area contributed by atoms with E-state index in [0.29, 0.717) is 6.42 Å². The van der Waals surface area contributed by atoms with Gasteiger partial charge in [0.25, 0.3) is 0 Å². The minimum absolute atomic E-state index is 0.186. The van der Waals surface area contributed by atoms with Gasteiger partial charge in [-0.3, -0.25) is 4.79 Å². The summed E-state index contributed by atoms with van der Waals surface area (Å²) in [6.07, 6.45) is 75.3. The highest BCUT2D eigenvalue weighted by Crippen LogP contribution is 2.23. The number of ether oxygens (including phenoxy) is 2. The summed E-state index contributed by atoms with van der Waals surface area (Å²) in [5, 5.41) is 54.6. The number of carbonyl (C=O) groups excluding carboxylic acids is 1. The molecule has 0 aliphatic carbocycles. The molecule has 6 N–H and O–H groups in total. The largest absolute Gasteiger partial charge is 0.394 e. The highest BCUT2D eigenvalue weighted by atomic mass is 16.7. The molecule has 1 aliphatic rings. The van der Waals surface area contributed by atoms with Gasteiger partial charge in [-0.1, -0.05) is 313 Å². The quantitative estimate of drug-likeness (QED) is 0.0261. The number of aliphatic hydroxyl groups excluding tert-OH is 5. The van der Waals surface area contributed by atoms with Gasteiger partial charge in [0.1, 0.15) is 24.4 Å². The molecule has 1 saturated heterocycles. The zero-order valence-electron chi connectivity index (χ0n) is 52.6. The molecule has 0 aromatic heterocycles. The number of amides is 1. The monoisotopic (exact) mass is 1130 g/mol. The molecule has 0 spiro atoms. The molecule has 1 rings (SSSR count). The Bertz CT molecular complexity index is 1400. The van der Waals surface area contributed by atoms with E-state index < -0.39 is 49.5 Å². The van der Waals surface area contributed by atoms with Crippen LogP contribution in [-0.2, 0) is 14.3 Å². The third-order valence-electron chi connectivity index (χ3n) is 16.6. The number of aliphatic hydroxyl groups is 5. The summed E-state index contributed by atoms with van der Waals surface area (Å²) < 4.78 is 11.3. The summed E-state index contributed by atoms with van der Waals surface area (Å²) >= 11 is 0. The number of rotatable bonds is 61. The van der Waals surface area contributed by atoms with Gasteiger partial charge in [-0.2, -0.15) is 0 Å². The van der Waals surface area contributed by atoms with E-state index in [1.807, 2.05) is 6.08 Å². The molecule has 1 amide bonds. The van der Waals surface area contributed by atoms with Crippen molar-refractivity contribution in [1.29, 1.82) is 0 Å². The van der Waals surface area contributed by atoms with E-state index in [1.165, 1.54) is 276 Å². The summed E-state index contributed by atoms with van der Waals surface area (Å²) in [7, 11) is 0. The number of carbonyl (C=O) groups is 1. The Hall–Kier alpha value is -1.85. The van der Waals surface area contributed by atoms with Crippen LogP contribution < -0.4 is 5.32 Å². The maximum absolute atomic E-state index is 13.1. The number of hydrogen-bond donors (Lipinski definition) is 6. The number of hydrogen-bond acceptors (Lipinski definition) is 8. The molecule has 0 radical (unpaired) electrons. The third-order valence-corrected chi connectivity index (χ3v) is 16.6. The molecule has 0 bridgehead atoms. The fourth-order valence-electron chi connectivity index (χ4n) is 11.1. The minimum Gasteiger partial charge on any atom is -0.394 e. The van der Waals surface area contributed by atoms with Gasteiger partial charge in [0.05, 0.1) is 25.4 Å². The molecule has 1 aliphatic heterocycles. The first-order valence-corrected chi connectivity index (χ1v) is 34.9. The van der Waals surface area contributed by atoms with Crippen LogP contribution in [0.2, 0.25) is 0 Å². The van der Waals surface area contributed by atoms with E-state index >= 15 is 0 Å². The van der Waals surface area contributed by atoms with Crippen molar-refractivity contribution in [1.82, 2.24) is 5.32 Å². The second-order valence-corrected chi connectivity index (χ2v) is 24.3. The van der Waals surface area contributed by atoms with Crippen LogP contribution in [0.15, 0.2) is 48.6 Å². The number of nitrogens with one attached hydrogen (secondary N) is 1. The first-order chi connectivity index (χ1) is 39.3. The van der Waals surface area contributed by atoms with Crippen molar-refractivity contribution in [3.05, 3.63) is 48.6 Å². The smallest absolute Gasteiger partial charge is 0.220 e. The van der Waals surface area contributed by atoms with E-state index in [-0.39, 0.29) is 12.5 Å². The van der Waals surface area contributed by atoms with Crippen LogP contribution >= 0.6 is 0 Å². The second kappa shape index (κ2) is 60.3. The van der Waals surface area contributed by atoms with Crippen LogP contribution in [0.4, 0.5) is 0 Å². The van der Waals surface area contributed by atoms with Gasteiger partial charge in [-0.05, 0) is 70.6 Å². The summed E-state index contributed by atoms with van der Waals surface area (Å²) in [6, 6.07) is -0.829. The first-order valence-electron chi connectivity index (χ1n) is 34.9. The number of allylic oxidation sites excluding steroid dienone is 7. The van der Waals surface area contributed by atoms with Crippen molar-refractivity contribution in [2.75, 3.05) is 13.2 Å². The van der Waals surface area contributed by atoms with Crippen LogP contribution in [0.1, 0.15) is 341 Å². The highest BCUT2D eigenvalue weighted by molar-refractivity contribution is 5.76. The van der Waals surface area contributed by atoms with Crippen LogP contribution in [0.3, 0.4) is 0 Å². The molecule has 9 nitrogen and oxygen atoms in total. The fraction of sp³-hybridized carbons (Fsp3) is 0.873. The molecular weight excluding hydrogens is 995 g/mol. The lowest BCUT2D eigenvalue weighted by molar-refractivity contribution is -0.302. The van der Waals surface area contributed by atoms with Crippen LogP contribution in [0, 0.1) is 0 Å². The summed E-state index contributed by atoms with van der Waals surface area (Å²) in [5.74, 6) is -0.186. The van der Waals surface area contributed by atoms with E-state index in [1.54, 1.807) is 6.08 Å². The molecule has 9 heteroatoms. The molecule has 470 valence electrons. The zero-order valence-corrected chi connectivity index (χ0v) is 52.6. The fourth-order valence-corrected chi connectivity index (χ4v) is 11.1. The van der Waals surface area contributed by atoms with Gasteiger partial charge < -0.3 is 40.3 Å². The SMILES string of the molecule is CCCCCCCCCC/C=C/CC/C=C/CC/C=C/C(O)C(COC1OC(CO)C(O)C(O)C1O)NC(=O)CCCCCCCCCCCCCCCCCCC/C=C\CCCCCCCCCCCCCCCCCCCC. The molecule has 1 heterocycles. The Balaban J connectivity index is 2.07. The van der Waals surface area contributed by atoms with E-state index in [9.17, 15) is 30.3 Å². The molecule has 80 heavy (non-hydrogen) atoms. The lowest BCUT2D eigenvalue weighted by Gasteiger charge is -2.40. The van der Waals surface area contributed by atoms with Crippen LogP contribution in [-0.4, -0.2) is 87.5 Å². The van der Waals surface area contributed by atoms with Gasteiger partial charge in [0, 0.05) is 6.42 Å². The van der Waals surface area contributed by atoms with Gasteiger partial charge in [0.15, 0.2) is 6.29 Å². The van der Waals surface area contributed by atoms with Gasteiger partial charge in [-0.25, -0.2) is 0 Å². The Kier molecular flexibility index (Phi) is 57.4. The minimum atomic E-state index is -1.58. The summed E-state index contributed by atoms with van der Waals surface area (Å²) in [5.41, 5.74) is 0. The topological polar surface area (TPSA) is 149 Å². The maximum atomic E-state index is 13.1. The molecule has 7 unspecified atom stereocenters. The second-order valence-electron chi connectivity index (χ2n) is 24.3. The van der Waals surface area contributed by atoms with Crippen molar-refractivity contribution in [3.8, 4) is 0 Å². The van der Waals surface area contributed by atoms with Gasteiger partial charge >= 0.3 is 0 Å². The van der Waals surface area contributed by atoms with E-state index in [4.69, 9.17) is 9.47 Å². The van der Waals surface area contributed by atoms with Crippen molar-refractivity contribution in [2.45, 2.75) is 384 Å². The zero-order chi connectivity index (χ0) is 57.9. The number of unbranched alkanes of at least 4 members (excludes halogenated alkanes) is 45. The average Bonchev–Trinajstić information content (AvgIpc) is 3.46. The van der Waals surface area contributed by atoms with Gasteiger partial charge in [0.2, 0.25) is 5.91 Å². The Morgan fingerprint density at radius 3 is 1.05 bits per heavy atom. The van der Waals surface area contributed by atoms with Crippen LogP contribution in [0.25, 0.3) is 0 Å². The Labute approximate surface area is 494 Å². The van der Waals surface area contributed by atoms with Crippen LogP contribution in [0.5, 0.6) is 0 Å².